The van der Waals surface area contributed by atoms with Gasteiger partial charge in [-0.25, -0.2) is 0 Å². The second kappa shape index (κ2) is 5.64. The normalized spacial score (nSPS) is 32.3. The SMILES string of the molecule is CC[C@H]1C[N@]2CC[C@H]1C[C@@H]2[C@@H](O)c1ccnc2ccccc12. The van der Waals surface area contributed by atoms with Crippen LogP contribution < -0.4 is 0 Å². The molecule has 0 radical (unpaired) electrons. The second-order valence-electron chi connectivity index (χ2n) is 6.88. The van der Waals surface area contributed by atoms with E-state index in [0.29, 0.717) is 0 Å². The van der Waals surface area contributed by atoms with E-state index in [-0.39, 0.29) is 6.04 Å². The Morgan fingerprint density at radius 3 is 2.95 bits per heavy atom. The summed E-state index contributed by atoms with van der Waals surface area (Å²) in [5.74, 6) is 1.62. The van der Waals surface area contributed by atoms with Crippen molar-refractivity contribution in [1.82, 2.24) is 9.88 Å². The number of hydrogen-bond donors (Lipinski definition) is 1. The molecule has 22 heavy (non-hydrogen) atoms. The summed E-state index contributed by atoms with van der Waals surface area (Å²) in [7, 11) is 0. The molecule has 1 aromatic heterocycles. The summed E-state index contributed by atoms with van der Waals surface area (Å²) in [4.78, 5) is 6.94. The number of pyridine rings is 1. The molecule has 3 aliphatic heterocycles. The Morgan fingerprint density at radius 2 is 2.18 bits per heavy atom. The van der Waals surface area contributed by atoms with Crippen molar-refractivity contribution >= 4 is 10.9 Å². The minimum absolute atomic E-state index is 0.271. The number of benzene rings is 1. The van der Waals surface area contributed by atoms with Gasteiger partial charge < -0.3 is 5.11 Å². The Morgan fingerprint density at radius 1 is 1.32 bits per heavy atom. The summed E-state index contributed by atoms with van der Waals surface area (Å²) in [6.07, 6.45) is 5.12. The average Bonchev–Trinajstić information content (AvgIpc) is 2.60. The highest BCUT2D eigenvalue weighted by atomic mass is 16.3. The van der Waals surface area contributed by atoms with Crippen molar-refractivity contribution in [2.24, 2.45) is 11.8 Å². The zero-order valence-corrected chi connectivity index (χ0v) is 13.2. The van der Waals surface area contributed by atoms with E-state index < -0.39 is 6.10 Å². The molecule has 1 N–H and O–H groups in total. The van der Waals surface area contributed by atoms with Crippen LogP contribution in [0.3, 0.4) is 0 Å². The predicted octanol–water partition coefficient (Wildman–Crippen LogP) is 3.39. The van der Waals surface area contributed by atoms with Crippen LogP contribution in [0.15, 0.2) is 36.5 Å². The molecule has 0 amide bonds. The summed E-state index contributed by atoms with van der Waals surface area (Å²) < 4.78 is 0. The topological polar surface area (TPSA) is 36.4 Å². The van der Waals surface area contributed by atoms with Crippen molar-refractivity contribution in [2.45, 2.75) is 38.3 Å². The highest BCUT2D eigenvalue weighted by Crippen LogP contribution is 2.42. The molecule has 3 aliphatic rings. The molecule has 5 rings (SSSR count). The quantitative estimate of drug-likeness (QED) is 0.943. The Bertz CT molecular complexity index is 666. The van der Waals surface area contributed by atoms with Crippen molar-refractivity contribution in [2.75, 3.05) is 13.1 Å². The molecular formula is C19H24N2O. The number of fused-ring (bicyclic) bond motifs is 4. The first-order chi connectivity index (χ1) is 10.8. The van der Waals surface area contributed by atoms with E-state index in [2.05, 4.69) is 22.9 Å². The number of aliphatic hydroxyl groups is 1. The van der Waals surface area contributed by atoms with Gasteiger partial charge in [0.15, 0.2) is 0 Å². The lowest BCUT2D eigenvalue weighted by Crippen LogP contribution is -2.55. The van der Waals surface area contributed by atoms with Crippen molar-refractivity contribution in [3.63, 3.8) is 0 Å². The van der Waals surface area contributed by atoms with Gasteiger partial charge in [-0.2, -0.15) is 0 Å². The highest BCUT2D eigenvalue weighted by Gasteiger charge is 2.42. The summed E-state index contributed by atoms with van der Waals surface area (Å²) in [6, 6.07) is 10.4. The Balaban J connectivity index is 1.66. The maximum atomic E-state index is 11.1. The zero-order valence-electron chi connectivity index (χ0n) is 13.2. The van der Waals surface area contributed by atoms with E-state index in [1.807, 2.05) is 30.5 Å². The number of rotatable bonds is 3. The Labute approximate surface area is 132 Å². The number of nitrogens with zero attached hydrogens (tertiary/aromatic N) is 2. The lowest BCUT2D eigenvalue weighted by Gasteiger charge is -2.51. The maximum absolute atomic E-state index is 11.1. The van der Waals surface area contributed by atoms with Gasteiger partial charge in [0.05, 0.1) is 11.6 Å². The van der Waals surface area contributed by atoms with Crippen molar-refractivity contribution in [3.8, 4) is 0 Å². The summed E-state index contributed by atoms with van der Waals surface area (Å²) in [5.41, 5.74) is 2.01. The monoisotopic (exact) mass is 296 g/mol. The van der Waals surface area contributed by atoms with Gasteiger partial charge in [0.25, 0.3) is 0 Å². The molecule has 0 spiro atoms. The standard InChI is InChI=1S/C19H24N2O/c1-2-13-12-21-10-8-14(13)11-18(21)19(22)16-7-9-20-17-6-4-3-5-15(16)17/h3-7,9,13-14,18-19,22H,2,8,10-12H2,1H3/t13-,14-,18+,19-/m0/s1. The minimum Gasteiger partial charge on any atom is -0.387 e. The first-order valence-corrected chi connectivity index (χ1v) is 8.53. The van der Waals surface area contributed by atoms with Crippen molar-refractivity contribution in [3.05, 3.63) is 42.1 Å². The van der Waals surface area contributed by atoms with Crippen molar-refractivity contribution in [1.29, 1.82) is 0 Å². The highest BCUT2D eigenvalue weighted by molar-refractivity contribution is 5.82. The number of hydrogen-bond acceptors (Lipinski definition) is 3. The van der Waals surface area contributed by atoms with Gasteiger partial charge in [-0.1, -0.05) is 31.5 Å². The van der Waals surface area contributed by atoms with Crippen LogP contribution in [0.2, 0.25) is 0 Å². The zero-order chi connectivity index (χ0) is 15.1. The van der Waals surface area contributed by atoms with E-state index >= 15 is 0 Å². The molecule has 3 fully saturated rings. The molecule has 2 aromatic rings. The fourth-order valence-electron chi connectivity index (χ4n) is 4.55. The smallest absolute Gasteiger partial charge is 0.0952 e. The van der Waals surface area contributed by atoms with E-state index in [4.69, 9.17) is 0 Å². The van der Waals surface area contributed by atoms with Crippen LogP contribution in [0.4, 0.5) is 0 Å². The molecule has 116 valence electrons. The summed E-state index contributed by atoms with van der Waals surface area (Å²) in [6.45, 7) is 4.60. The molecule has 3 heteroatoms. The van der Waals surface area contributed by atoms with Crippen LogP contribution in [0.1, 0.15) is 37.9 Å². The number of piperidine rings is 3. The molecule has 1 aromatic carbocycles. The average molecular weight is 296 g/mol. The van der Waals surface area contributed by atoms with E-state index in [0.717, 1.165) is 47.8 Å². The third kappa shape index (κ3) is 2.24. The molecule has 0 saturated carbocycles. The van der Waals surface area contributed by atoms with Gasteiger partial charge in [-0.05, 0) is 48.9 Å². The lowest BCUT2D eigenvalue weighted by atomic mass is 9.72. The van der Waals surface area contributed by atoms with E-state index in [1.54, 1.807) is 0 Å². The number of aromatic nitrogens is 1. The lowest BCUT2D eigenvalue weighted by molar-refractivity contribution is -0.0562. The van der Waals surface area contributed by atoms with Gasteiger partial charge in [-0.15, -0.1) is 0 Å². The second-order valence-corrected chi connectivity index (χ2v) is 6.88. The summed E-state index contributed by atoms with van der Waals surface area (Å²) >= 11 is 0. The van der Waals surface area contributed by atoms with E-state index in [9.17, 15) is 5.11 Å². The molecule has 2 bridgehead atoms. The summed E-state index contributed by atoms with van der Waals surface area (Å²) in [5, 5.41) is 12.1. The largest absolute Gasteiger partial charge is 0.387 e. The molecule has 3 nitrogen and oxygen atoms in total. The molecule has 5 atom stereocenters. The fourth-order valence-corrected chi connectivity index (χ4v) is 4.55. The van der Waals surface area contributed by atoms with Gasteiger partial charge in [0.2, 0.25) is 0 Å². The Hall–Kier alpha value is -1.45. The van der Waals surface area contributed by atoms with Gasteiger partial charge in [0, 0.05) is 24.2 Å². The van der Waals surface area contributed by atoms with Crippen LogP contribution in [0.5, 0.6) is 0 Å². The van der Waals surface area contributed by atoms with Crippen LogP contribution in [0, 0.1) is 11.8 Å². The minimum atomic E-state index is -0.409. The van der Waals surface area contributed by atoms with Gasteiger partial charge in [0.1, 0.15) is 0 Å². The number of para-hydroxylation sites is 1. The molecule has 0 unspecified atom stereocenters. The van der Waals surface area contributed by atoms with Crippen molar-refractivity contribution < 1.29 is 5.11 Å². The molecule has 3 saturated heterocycles. The first kappa shape index (κ1) is 14.2. The van der Waals surface area contributed by atoms with Crippen LogP contribution in [-0.2, 0) is 0 Å². The molecule has 4 heterocycles. The third-order valence-corrected chi connectivity index (χ3v) is 5.83. The fraction of sp³-hybridized carbons (Fsp3) is 0.526. The van der Waals surface area contributed by atoms with E-state index in [1.165, 1.54) is 12.8 Å². The van der Waals surface area contributed by atoms with Gasteiger partial charge >= 0.3 is 0 Å². The molecular weight excluding hydrogens is 272 g/mol. The number of aliphatic hydroxyl groups excluding tert-OH is 1. The van der Waals surface area contributed by atoms with Crippen LogP contribution >= 0.6 is 0 Å². The third-order valence-electron chi connectivity index (χ3n) is 5.83. The predicted molar refractivity (Wildman–Crippen MR) is 88.6 cm³/mol. The Kier molecular flexibility index (Phi) is 3.63. The van der Waals surface area contributed by atoms with Crippen LogP contribution in [0.25, 0.3) is 10.9 Å². The molecule has 0 aliphatic carbocycles. The maximum Gasteiger partial charge on any atom is 0.0952 e. The van der Waals surface area contributed by atoms with Crippen LogP contribution in [-0.4, -0.2) is 34.1 Å². The van der Waals surface area contributed by atoms with Gasteiger partial charge in [-0.3, -0.25) is 9.88 Å². The first-order valence-electron chi connectivity index (χ1n) is 8.53.